The average molecular weight is 266 g/mol. The fraction of sp³-hybridized carbons (Fsp3) is 0.786. The van der Waals surface area contributed by atoms with Gasteiger partial charge in [-0.15, -0.1) is 0 Å². The third kappa shape index (κ3) is 3.09. The lowest BCUT2D eigenvalue weighted by Gasteiger charge is -2.33. The largest absolute Gasteiger partial charge is 0.381 e. The summed E-state index contributed by atoms with van der Waals surface area (Å²) < 4.78 is 7.44. The third-order valence-electron chi connectivity index (χ3n) is 3.91. The molecule has 0 spiro atoms. The van der Waals surface area contributed by atoms with Gasteiger partial charge in [0.2, 0.25) is 0 Å². The lowest BCUT2D eigenvalue weighted by Crippen LogP contribution is -2.38. The SMILES string of the molecule is Cc1nn(C)c(N(C)C2CCOCC2)c1CC(C)N. The molecule has 1 saturated heterocycles. The van der Waals surface area contributed by atoms with E-state index in [0.29, 0.717) is 6.04 Å². The van der Waals surface area contributed by atoms with Crippen molar-refractivity contribution in [3.8, 4) is 0 Å². The van der Waals surface area contributed by atoms with E-state index < -0.39 is 0 Å². The molecule has 2 N–H and O–H groups in total. The molecule has 5 heteroatoms. The molecular weight excluding hydrogens is 240 g/mol. The van der Waals surface area contributed by atoms with Crippen LogP contribution in [0.15, 0.2) is 0 Å². The van der Waals surface area contributed by atoms with Gasteiger partial charge in [-0.25, -0.2) is 0 Å². The number of hydrogen-bond donors (Lipinski definition) is 1. The topological polar surface area (TPSA) is 56.3 Å². The van der Waals surface area contributed by atoms with Gasteiger partial charge in [0.25, 0.3) is 0 Å². The van der Waals surface area contributed by atoms with Crippen LogP contribution in [0.3, 0.4) is 0 Å². The van der Waals surface area contributed by atoms with Crippen molar-refractivity contribution in [1.82, 2.24) is 9.78 Å². The highest BCUT2D eigenvalue weighted by atomic mass is 16.5. The maximum Gasteiger partial charge on any atom is 0.130 e. The van der Waals surface area contributed by atoms with E-state index in [9.17, 15) is 0 Å². The lowest BCUT2D eigenvalue weighted by molar-refractivity contribution is 0.0852. The van der Waals surface area contributed by atoms with E-state index in [2.05, 4.69) is 24.0 Å². The second-order valence-electron chi connectivity index (χ2n) is 5.65. The second kappa shape index (κ2) is 5.92. The molecule has 1 unspecified atom stereocenters. The molecule has 0 aliphatic carbocycles. The predicted molar refractivity (Wildman–Crippen MR) is 77.5 cm³/mol. The molecule has 0 saturated carbocycles. The molecule has 1 atom stereocenters. The van der Waals surface area contributed by atoms with Gasteiger partial charge < -0.3 is 15.4 Å². The third-order valence-corrected chi connectivity index (χ3v) is 3.91. The van der Waals surface area contributed by atoms with Crippen molar-refractivity contribution < 1.29 is 4.74 Å². The van der Waals surface area contributed by atoms with Crippen LogP contribution < -0.4 is 10.6 Å². The van der Waals surface area contributed by atoms with E-state index in [1.165, 1.54) is 11.4 Å². The molecule has 1 aromatic heterocycles. The van der Waals surface area contributed by atoms with Crippen LogP contribution in [-0.4, -0.2) is 42.1 Å². The quantitative estimate of drug-likeness (QED) is 0.890. The summed E-state index contributed by atoms with van der Waals surface area (Å²) in [4.78, 5) is 2.36. The number of aromatic nitrogens is 2. The van der Waals surface area contributed by atoms with Crippen molar-refractivity contribution in [3.05, 3.63) is 11.3 Å². The molecular formula is C14H26N4O. The molecule has 1 aromatic rings. The number of anilines is 1. The first-order valence-corrected chi connectivity index (χ1v) is 7.09. The predicted octanol–water partition coefficient (Wildman–Crippen LogP) is 1.23. The zero-order valence-electron chi connectivity index (χ0n) is 12.5. The summed E-state index contributed by atoms with van der Waals surface area (Å²) in [6.07, 6.45) is 3.04. The molecule has 0 aromatic carbocycles. The number of aryl methyl sites for hydroxylation is 2. The summed E-state index contributed by atoms with van der Waals surface area (Å²) in [7, 11) is 4.18. The molecule has 1 aliphatic rings. The molecule has 2 heterocycles. The van der Waals surface area contributed by atoms with Gasteiger partial charge in [-0.2, -0.15) is 5.10 Å². The first-order valence-electron chi connectivity index (χ1n) is 7.09. The summed E-state index contributed by atoms with van der Waals surface area (Å²) in [5.74, 6) is 1.21. The Bertz CT molecular complexity index is 421. The first-order chi connectivity index (χ1) is 9.00. The van der Waals surface area contributed by atoms with Gasteiger partial charge in [0, 0.05) is 45.0 Å². The van der Waals surface area contributed by atoms with Crippen molar-refractivity contribution in [2.75, 3.05) is 25.2 Å². The lowest BCUT2D eigenvalue weighted by atomic mass is 10.0. The van der Waals surface area contributed by atoms with Crippen molar-refractivity contribution >= 4 is 5.82 Å². The number of nitrogens with zero attached hydrogens (tertiary/aromatic N) is 3. The Kier molecular flexibility index (Phi) is 4.47. The minimum atomic E-state index is 0.157. The Labute approximate surface area is 115 Å². The summed E-state index contributed by atoms with van der Waals surface area (Å²) in [5, 5.41) is 4.57. The number of rotatable bonds is 4. The van der Waals surface area contributed by atoms with Crippen molar-refractivity contribution in [2.45, 2.75) is 45.2 Å². The molecule has 1 fully saturated rings. The number of nitrogens with two attached hydrogens (primary N) is 1. The Morgan fingerprint density at radius 2 is 2.11 bits per heavy atom. The Morgan fingerprint density at radius 1 is 1.47 bits per heavy atom. The molecule has 2 rings (SSSR count). The van der Waals surface area contributed by atoms with Crippen LogP contribution in [0.5, 0.6) is 0 Å². The maximum absolute atomic E-state index is 5.97. The normalized spacial score (nSPS) is 18.6. The smallest absolute Gasteiger partial charge is 0.130 e. The monoisotopic (exact) mass is 266 g/mol. The first kappa shape index (κ1) is 14.3. The second-order valence-corrected chi connectivity index (χ2v) is 5.65. The van der Waals surface area contributed by atoms with Gasteiger partial charge in [0.05, 0.1) is 5.69 Å². The minimum Gasteiger partial charge on any atom is -0.381 e. The maximum atomic E-state index is 5.97. The van der Waals surface area contributed by atoms with Gasteiger partial charge >= 0.3 is 0 Å². The molecule has 5 nitrogen and oxygen atoms in total. The average Bonchev–Trinajstić information content (AvgIpc) is 2.64. The van der Waals surface area contributed by atoms with E-state index in [1.807, 2.05) is 18.7 Å². The number of hydrogen-bond acceptors (Lipinski definition) is 4. The van der Waals surface area contributed by atoms with E-state index in [-0.39, 0.29) is 6.04 Å². The van der Waals surface area contributed by atoms with E-state index >= 15 is 0 Å². The van der Waals surface area contributed by atoms with Gasteiger partial charge in [-0.1, -0.05) is 0 Å². The van der Waals surface area contributed by atoms with E-state index in [1.54, 1.807) is 0 Å². The van der Waals surface area contributed by atoms with Crippen LogP contribution in [0.4, 0.5) is 5.82 Å². The van der Waals surface area contributed by atoms with Crippen molar-refractivity contribution in [3.63, 3.8) is 0 Å². The summed E-state index contributed by atoms with van der Waals surface area (Å²) in [6.45, 7) is 5.83. The van der Waals surface area contributed by atoms with Crippen LogP contribution in [-0.2, 0) is 18.2 Å². The highest BCUT2D eigenvalue weighted by molar-refractivity contribution is 5.51. The molecule has 19 heavy (non-hydrogen) atoms. The molecule has 0 amide bonds. The zero-order valence-corrected chi connectivity index (χ0v) is 12.5. The summed E-state index contributed by atoms with van der Waals surface area (Å²) >= 11 is 0. The minimum absolute atomic E-state index is 0.157. The van der Waals surface area contributed by atoms with Crippen LogP contribution >= 0.6 is 0 Å². The van der Waals surface area contributed by atoms with Crippen molar-refractivity contribution in [1.29, 1.82) is 0 Å². The zero-order chi connectivity index (χ0) is 14.0. The van der Waals surface area contributed by atoms with Crippen LogP contribution in [0.2, 0.25) is 0 Å². The Balaban J connectivity index is 2.26. The van der Waals surface area contributed by atoms with Crippen LogP contribution in [0.25, 0.3) is 0 Å². The molecule has 108 valence electrons. The van der Waals surface area contributed by atoms with Gasteiger partial charge in [0.1, 0.15) is 5.82 Å². The van der Waals surface area contributed by atoms with Gasteiger partial charge in [0.15, 0.2) is 0 Å². The Morgan fingerprint density at radius 3 is 2.68 bits per heavy atom. The summed E-state index contributed by atoms with van der Waals surface area (Å²) in [5.41, 5.74) is 8.35. The van der Waals surface area contributed by atoms with Crippen LogP contribution in [0.1, 0.15) is 31.0 Å². The van der Waals surface area contributed by atoms with Crippen molar-refractivity contribution in [2.24, 2.45) is 12.8 Å². The van der Waals surface area contributed by atoms with E-state index in [0.717, 1.165) is 38.2 Å². The summed E-state index contributed by atoms with van der Waals surface area (Å²) in [6, 6.07) is 0.695. The fourth-order valence-electron chi connectivity index (χ4n) is 2.94. The molecule has 0 bridgehead atoms. The standard InChI is InChI=1S/C14H26N4O/c1-10(15)9-13-11(2)16-18(4)14(13)17(3)12-5-7-19-8-6-12/h10,12H,5-9,15H2,1-4H3. The molecule has 0 radical (unpaired) electrons. The van der Waals surface area contributed by atoms with Crippen LogP contribution in [0, 0.1) is 6.92 Å². The van der Waals surface area contributed by atoms with Gasteiger partial charge in [-0.05, 0) is 33.1 Å². The highest BCUT2D eigenvalue weighted by Crippen LogP contribution is 2.27. The van der Waals surface area contributed by atoms with E-state index in [4.69, 9.17) is 10.5 Å². The Hall–Kier alpha value is -1.07. The highest BCUT2D eigenvalue weighted by Gasteiger charge is 2.24. The molecule has 1 aliphatic heterocycles. The van der Waals surface area contributed by atoms with Gasteiger partial charge in [-0.3, -0.25) is 4.68 Å². The number of ether oxygens (including phenoxy) is 1. The fourth-order valence-corrected chi connectivity index (χ4v) is 2.94.